The Bertz CT molecular complexity index is 190. The largest absolute Gasteiger partial charge is 0.466 e. The second kappa shape index (κ2) is 5.79. The van der Waals surface area contributed by atoms with Crippen molar-refractivity contribution in [3.8, 4) is 0 Å². The van der Waals surface area contributed by atoms with E-state index in [2.05, 4.69) is 27.7 Å². The van der Waals surface area contributed by atoms with Gasteiger partial charge >= 0.3 is 5.97 Å². The van der Waals surface area contributed by atoms with Crippen LogP contribution in [0.5, 0.6) is 0 Å². The Morgan fingerprint density at radius 3 is 2.15 bits per heavy atom. The van der Waals surface area contributed by atoms with Crippen LogP contribution in [0.3, 0.4) is 0 Å². The van der Waals surface area contributed by atoms with Crippen LogP contribution < -0.4 is 0 Å². The van der Waals surface area contributed by atoms with Gasteiger partial charge < -0.3 is 4.74 Å². The zero-order valence-electron chi connectivity index (χ0n) is 9.26. The second-order valence-electron chi connectivity index (χ2n) is 4.03. The van der Waals surface area contributed by atoms with Crippen LogP contribution in [0.1, 0.15) is 34.1 Å². The summed E-state index contributed by atoms with van der Waals surface area (Å²) in [5.41, 5.74) is 0.799. The summed E-state index contributed by atoms with van der Waals surface area (Å²) in [6.07, 6.45) is 2.77. The lowest BCUT2D eigenvalue weighted by Gasteiger charge is -2.09. The van der Waals surface area contributed by atoms with Gasteiger partial charge in [0.15, 0.2) is 0 Å². The highest BCUT2D eigenvalue weighted by molar-refractivity contribution is 5.88. The summed E-state index contributed by atoms with van der Waals surface area (Å²) < 4.78 is 4.71. The Balaban J connectivity index is 4.45. The first-order valence-electron chi connectivity index (χ1n) is 4.76. The maximum absolute atomic E-state index is 11.3. The van der Waals surface area contributed by atoms with Crippen molar-refractivity contribution >= 4 is 5.97 Å². The number of rotatable bonds is 4. The highest BCUT2D eigenvalue weighted by atomic mass is 16.5. The number of carbonyl (C=O) groups is 1. The first kappa shape index (κ1) is 12.2. The van der Waals surface area contributed by atoms with Crippen LogP contribution in [0, 0.1) is 11.8 Å². The molecule has 0 heterocycles. The average Bonchev–Trinajstić information content (AvgIpc) is 2.00. The van der Waals surface area contributed by atoms with E-state index in [1.807, 2.05) is 6.08 Å². The van der Waals surface area contributed by atoms with Crippen molar-refractivity contribution in [2.75, 3.05) is 7.11 Å². The summed E-state index contributed by atoms with van der Waals surface area (Å²) in [6.45, 7) is 8.31. The molecular weight excluding hydrogens is 164 g/mol. The number of hydrogen-bond donors (Lipinski definition) is 0. The normalized spacial score (nSPS) is 12.4. The Kier molecular flexibility index (Phi) is 5.44. The highest BCUT2D eigenvalue weighted by Crippen LogP contribution is 2.14. The molecule has 0 N–H and O–H groups in total. The predicted molar refractivity (Wildman–Crippen MR) is 54.4 cm³/mol. The quantitative estimate of drug-likeness (QED) is 0.496. The molecule has 0 aromatic carbocycles. The molecule has 0 aliphatic heterocycles. The SMILES string of the molecule is COC(=O)C(=CC(C)C)CC(C)C. The maximum Gasteiger partial charge on any atom is 0.333 e. The van der Waals surface area contributed by atoms with Crippen LogP contribution in [0.15, 0.2) is 11.6 Å². The molecule has 0 unspecified atom stereocenters. The molecular formula is C11H20O2. The average molecular weight is 184 g/mol. The van der Waals surface area contributed by atoms with Gasteiger partial charge in [-0.05, 0) is 18.3 Å². The Morgan fingerprint density at radius 1 is 1.31 bits per heavy atom. The zero-order chi connectivity index (χ0) is 10.4. The molecule has 0 bridgehead atoms. The van der Waals surface area contributed by atoms with Crippen LogP contribution in [0.25, 0.3) is 0 Å². The van der Waals surface area contributed by atoms with Crippen molar-refractivity contribution in [1.29, 1.82) is 0 Å². The van der Waals surface area contributed by atoms with Gasteiger partial charge in [0.05, 0.1) is 7.11 Å². The Labute approximate surface area is 81.0 Å². The zero-order valence-corrected chi connectivity index (χ0v) is 9.26. The van der Waals surface area contributed by atoms with Crippen molar-refractivity contribution in [2.45, 2.75) is 34.1 Å². The number of esters is 1. The molecule has 0 aromatic heterocycles. The van der Waals surface area contributed by atoms with Gasteiger partial charge in [-0.3, -0.25) is 0 Å². The van der Waals surface area contributed by atoms with Gasteiger partial charge in [-0.15, -0.1) is 0 Å². The summed E-state index contributed by atoms with van der Waals surface area (Å²) in [5, 5.41) is 0. The van der Waals surface area contributed by atoms with E-state index >= 15 is 0 Å². The fourth-order valence-electron chi connectivity index (χ4n) is 1.19. The summed E-state index contributed by atoms with van der Waals surface area (Å²) in [5.74, 6) is 0.694. The first-order chi connectivity index (χ1) is 5.97. The lowest BCUT2D eigenvalue weighted by Crippen LogP contribution is -2.08. The van der Waals surface area contributed by atoms with Crippen molar-refractivity contribution in [3.05, 3.63) is 11.6 Å². The van der Waals surface area contributed by atoms with Gasteiger partial charge in [-0.1, -0.05) is 33.8 Å². The van der Waals surface area contributed by atoms with Gasteiger partial charge in [0, 0.05) is 5.57 Å². The summed E-state index contributed by atoms with van der Waals surface area (Å²) in [6, 6.07) is 0. The molecule has 0 aliphatic rings. The predicted octanol–water partition coefficient (Wildman–Crippen LogP) is 2.79. The standard InChI is InChI=1S/C11H20O2/c1-8(2)6-10(7-9(3)4)11(12)13-5/h6,8-9H,7H2,1-5H3. The van der Waals surface area contributed by atoms with Crippen LogP contribution >= 0.6 is 0 Å². The number of ether oxygens (including phenoxy) is 1. The van der Waals surface area contributed by atoms with E-state index in [0.29, 0.717) is 11.8 Å². The minimum atomic E-state index is -0.192. The second-order valence-corrected chi connectivity index (χ2v) is 4.03. The molecule has 13 heavy (non-hydrogen) atoms. The molecule has 0 radical (unpaired) electrons. The van der Waals surface area contributed by atoms with Gasteiger partial charge in [-0.25, -0.2) is 4.79 Å². The third-order valence-electron chi connectivity index (χ3n) is 1.61. The van der Waals surface area contributed by atoms with Gasteiger partial charge in [0.25, 0.3) is 0 Å². The molecule has 0 spiro atoms. The third-order valence-corrected chi connectivity index (χ3v) is 1.61. The molecule has 2 heteroatoms. The van der Waals surface area contributed by atoms with Crippen molar-refractivity contribution in [2.24, 2.45) is 11.8 Å². The number of hydrogen-bond acceptors (Lipinski definition) is 2. The van der Waals surface area contributed by atoms with E-state index in [9.17, 15) is 4.79 Å². The van der Waals surface area contributed by atoms with Crippen molar-refractivity contribution in [1.82, 2.24) is 0 Å². The lowest BCUT2D eigenvalue weighted by atomic mass is 10.00. The first-order valence-corrected chi connectivity index (χ1v) is 4.76. The Morgan fingerprint density at radius 2 is 1.85 bits per heavy atom. The highest BCUT2D eigenvalue weighted by Gasteiger charge is 2.11. The fourth-order valence-corrected chi connectivity index (χ4v) is 1.19. The minimum absolute atomic E-state index is 0.192. The summed E-state index contributed by atoms with van der Waals surface area (Å²) >= 11 is 0. The molecule has 0 aliphatic carbocycles. The number of allylic oxidation sites excluding steroid dienone is 1. The van der Waals surface area contributed by atoms with E-state index < -0.39 is 0 Å². The fraction of sp³-hybridized carbons (Fsp3) is 0.727. The topological polar surface area (TPSA) is 26.3 Å². The van der Waals surface area contributed by atoms with Gasteiger partial charge in [-0.2, -0.15) is 0 Å². The van der Waals surface area contributed by atoms with E-state index in [4.69, 9.17) is 4.74 Å². The van der Waals surface area contributed by atoms with E-state index in [-0.39, 0.29) is 5.97 Å². The molecule has 0 rings (SSSR count). The van der Waals surface area contributed by atoms with Gasteiger partial charge in [0.1, 0.15) is 0 Å². The van der Waals surface area contributed by atoms with E-state index in [1.54, 1.807) is 0 Å². The maximum atomic E-state index is 11.3. The number of methoxy groups -OCH3 is 1. The molecule has 2 nitrogen and oxygen atoms in total. The molecule has 0 saturated carbocycles. The minimum Gasteiger partial charge on any atom is -0.466 e. The van der Waals surface area contributed by atoms with Crippen LogP contribution in [0.2, 0.25) is 0 Å². The van der Waals surface area contributed by atoms with E-state index in [0.717, 1.165) is 12.0 Å². The third kappa shape index (κ3) is 5.45. The number of carbonyl (C=O) groups excluding carboxylic acids is 1. The van der Waals surface area contributed by atoms with Crippen LogP contribution in [0.4, 0.5) is 0 Å². The molecule has 0 aromatic rings. The van der Waals surface area contributed by atoms with Crippen LogP contribution in [-0.4, -0.2) is 13.1 Å². The van der Waals surface area contributed by atoms with Gasteiger partial charge in [0.2, 0.25) is 0 Å². The van der Waals surface area contributed by atoms with Crippen molar-refractivity contribution < 1.29 is 9.53 Å². The Hall–Kier alpha value is -0.790. The molecule has 76 valence electrons. The van der Waals surface area contributed by atoms with Crippen LogP contribution in [-0.2, 0) is 9.53 Å². The smallest absolute Gasteiger partial charge is 0.333 e. The van der Waals surface area contributed by atoms with Crippen molar-refractivity contribution in [3.63, 3.8) is 0 Å². The summed E-state index contributed by atoms with van der Waals surface area (Å²) in [4.78, 5) is 11.3. The molecule has 0 atom stereocenters. The lowest BCUT2D eigenvalue weighted by molar-refractivity contribution is -0.136. The monoisotopic (exact) mass is 184 g/mol. The summed E-state index contributed by atoms with van der Waals surface area (Å²) in [7, 11) is 1.43. The molecule has 0 fully saturated rings. The van der Waals surface area contributed by atoms with E-state index in [1.165, 1.54) is 7.11 Å². The molecule has 0 amide bonds. The molecule has 0 saturated heterocycles.